The van der Waals surface area contributed by atoms with Gasteiger partial charge in [0.1, 0.15) is 6.61 Å². The first-order chi connectivity index (χ1) is 5.70. The minimum absolute atomic E-state index is 0. The molecule has 1 N–H and O–H groups in total. The van der Waals surface area contributed by atoms with E-state index < -0.39 is 12.6 Å². The Hall–Kier alpha value is -0.710. The SMILES string of the molecule is O=C([O-])COc1ccccc1O.[Na]. The molecule has 4 nitrogen and oxygen atoms in total. The van der Waals surface area contributed by atoms with E-state index in [2.05, 4.69) is 4.74 Å². The Morgan fingerprint density at radius 2 is 2.08 bits per heavy atom. The Bertz CT molecular complexity index is 287. The first-order valence-corrected chi connectivity index (χ1v) is 3.31. The molecule has 1 rings (SSSR count). The first kappa shape index (κ1) is 12.3. The molecule has 0 aliphatic heterocycles. The molecule has 65 valence electrons. The Balaban J connectivity index is 0.00000144. The largest absolute Gasteiger partial charge is 0.546 e. The van der Waals surface area contributed by atoms with Crippen LogP contribution in [0.3, 0.4) is 0 Å². The number of carbonyl (C=O) groups excluding carboxylic acids is 1. The topological polar surface area (TPSA) is 69.6 Å². The molecule has 5 heteroatoms. The first-order valence-electron chi connectivity index (χ1n) is 3.31. The molecular formula is C8H7NaO4-. The maximum absolute atomic E-state index is 9.97. The zero-order chi connectivity index (χ0) is 8.97. The second kappa shape index (κ2) is 5.85. The van der Waals surface area contributed by atoms with Gasteiger partial charge >= 0.3 is 0 Å². The summed E-state index contributed by atoms with van der Waals surface area (Å²) in [4.78, 5) is 9.97. The fraction of sp³-hybridized carbons (Fsp3) is 0.125. The molecule has 0 amide bonds. The van der Waals surface area contributed by atoms with Crippen molar-refractivity contribution in [2.75, 3.05) is 6.61 Å². The normalized spacial score (nSPS) is 8.62. The summed E-state index contributed by atoms with van der Waals surface area (Å²) in [6.45, 7) is -0.558. The monoisotopic (exact) mass is 190 g/mol. The molecule has 0 aromatic heterocycles. The van der Waals surface area contributed by atoms with Gasteiger partial charge < -0.3 is 19.7 Å². The number of carbonyl (C=O) groups is 1. The van der Waals surface area contributed by atoms with Crippen LogP contribution in [0.4, 0.5) is 0 Å². The van der Waals surface area contributed by atoms with Gasteiger partial charge in [-0.3, -0.25) is 0 Å². The minimum Gasteiger partial charge on any atom is -0.546 e. The molecule has 0 saturated carbocycles. The Morgan fingerprint density at radius 3 is 2.62 bits per heavy atom. The van der Waals surface area contributed by atoms with Crippen molar-refractivity contribution in [2.45, 2.75) is 0 Å². The summed E-state index contributed by atoms with van der Waals surface area (Å²) in [6.07, 6.45) is 0. The number of benzene rings is 1. The number of hydrogen-bond donors (Lipinski definition) is 1. The maximum Gasteiger partial charge on any atom is 0.161 e. The quantitative estimate of drug-likeness (QED) is 0.629. The Kier molecular flexibility index (Phi) is 5.53. The van der Waals surface area contributed by atoms with Crippen molar-refractivity contribution in [3.05, 3.63) is 24.3 Å². The summed E-state index contributed by atoms with van der Waals surface area (Å²) in [6, 6.07) is 6.12. The third-order valence-electron chi connectivity index (χ3n) is 1.21. The summed E-state index contributed by atoms with van der Waals surface area (Å²) >= 11 is 0. The van der Waals surface area contributed by atoms with Crippen LogP contribution in [0.5, 0.6) is 11.5 Å². The average Bonchev–Trinajstić information content (AvgIpc) is 2.03. The van der Waals surface area contributed by atoms with Crippen LogP contribution >= 0.6 is 0 Å². The Morgan fingerprint density at radius 1 is 1.46 bits per heavy atom. The number of para-hydroxylation sites is 2. The summed E-state index contributed by atoms with van der Waals surface area (Å²) in [5.41, 5.74) is 0. The fourth-order valence-corrected chi connectivity index (χ4v) is 0.716. The maximum atomic E-state index is 9.97. The molecule has 13 heavy (non-hydrogen) atoms. The van der Waals surface area contributed by atoms with Gasteiger partial charge in [0, 0.05) is 29.6 Å². The summed E-state index contributed by atoms with van der Waals surface area (Å²) in [5, 5.41) is 19.1. The summed E-state index contributed by atoms with van der Waals surface area (Å²) < 4.78 is 4.69. The number of aliphatic carboxylic acids is 1. The van der Waals surface area contributed by atoms with Crippen LogP contribution in [0.1, 0.15) is 0 Å². The van der Waals surface area contributed by atoms with Gasteiger partial charge in [-0.2, -0.15) is 0 Å². The van der Waals surface area contributed by atoms with E-state index >= 15 is 0 Å². The van der Waals surface area contributed by atoms with E-state index in [9.17, 15) is 9.90 Å². The third kappa shape index (κ3) is 4.17. The molecule has 0 saturated heterocycles. The third-order valence-corrected chi connectivity index (χ3v) is 1.21. The van der Waals surface area contributed by atoms with Crippen LogP contribution in [0.15, 0.2) is 24.3 Å². The van der Waals surface area contributed by atoms with Crippen molar-refractivity contribution in [3.63, 3.8) is 0 Å². The van der Waals surface area contributed by atoms with E-state index in [4.69, 9.17) is 5.11 Å². The van der Waals surface area contributed by atoms with Gasteiger partial charge in [0.25, 0.3) is 0 Å². The molecule has 0 bridgehead atoms. The predicted molar refractivity (Wildman–Crippen MR) is 44.4 cm³/mol. The second-order valence-corrected chi connectivity index (χ2v) is 2.13. The van der Waals surface area contributed by atoms with Gasteiger partial charge in [-0.1, -0.05) is 12.1 Å². The number of hydrogen-bond acceptors (Lipinski definition) is 4. The van der Waals surface area contributed by atoms with Crippen molar-refractivity contribution in [1.82, 2.24) is 0 Å². The number of rotatable bonds is 3. The summed E-state index contributed by atoms with van der Waals surface area (Å²) in [7, 11) is 0. The number of ether oxygens (including phenoxy) is 1. The van der Waals surface area contributed by atoms with Gasteiger partial charge in [-0.05, 0) is 12.1 Å². The Labute approximate surface area is 97.4 Å². The van der Waals surface area contributed by atoms with Crippen LogP contribution in [-0.2, 0) is 4.79 Å². The van der Waals surface area contributed by atoms with Crippen LogP contribution in [0, 0.1) is 0 Å². The van der Waals surface area contributed by atoms with E-state index in [1.165, 1.54) is 12.1 Å². The van der Waals surface area contributed by atoms with Crippen LogP contribution in [-0.4, -0.2) is 47.2 Å². The standard InChI is InChI=1S/C8H8O4.Na/c9-6-3-1-2-4-7(6)12-5-8(10)11;/h1-4,9H,5H2,(H,10,11);/p-1. The molecule has 0 spiro atoms. The zero-order valence-corrected chi connectivity index (χ0v) is 9.19. The molecular weight excluding hydrogens is 183 g/mol. The number of carboxylic acid groups (broad SMARTS) is 1. The molecule has 0 fully saturated rings. The molecule has 0 aliphatic carbocycles. The van der Waals surface area contributed by atoms with Gasteiger partial charge in [0.05, 0.1) is 5.97 Å². The molecule has 0 heterocycles. The van der Waals surface area contributed by atoms with E-state index in [-0.39, 0.29) is 41.1 Å². The number of phenols is 1. The van der Waals surface area contributed by atoms with Crippen molar-refractivity contribution >= 4 is 35.5 Å². The van der Waals surface area contributed by atoms with Crippen molar-refractivity contribution in [2.24, 2.45) is 0 Å². The van der Waals surface area contributed by atoms with Gasteiger partial charge in [0.15, 0.2) is 11.5 Å². The average molecular weight is 190 g/mol. The zero-order valence-electron chi connectivity index (χ0n) is 7.19. The molecule has 0 unspecified atom stereocenters. The molecule has 0 atom stereocenters. The molecule has 1 radical (unpaired) electrons. The molecule has 1 aromatic carbocycles. The van der Waals surface area contributed by atoms with Crippen LogP contribution in [0.25, 0.3) is 0 Å². The number of aromatic hydroxyl groups is 1. The van der Waals surface area contributed by atoms with Gasteiger partial charge in [-0.15, -0.1) is 0 Å². The van der Waals surface area contributed by atoms with Crippen LogP contribution < -0.4 is 9.84 Å². The number of phenolic OH excluding ortho intramolecular Hbond substituents is 1. The fourth-order valence-electron chi connectivity index (χ4n) is 0.716. The van der Waals surface area contributed by atoms with Gasteiger partial charge in [-0.25, -0.2) is 0 Å². The predicted octanol–water partition coefficient (Wildman–Crippen LogP) is -0.860. The smallest absolute Gasteiger partial charge is 0.161 e. The van der Waals surface area contributed by atoms with E-state index in [0.29, 0.717) is 0 Å². The van der Waals surface area contributed by atoms with E-state index in [0.717, 1.165) is 0 Å². The molecule has 1 aromatic rings. The summed E-state index contributed by atoms with van der Waals surface area (Å²) in [5.74, 6) is -1.27. The van der Waals surface area contributed by atoms with Gasteiger partial charge in [0.2, 0.25) is 0 Å². The van der Waals surface area contributed by atoms with E-state index in [1.807, 2.05) is 0 Å². The molecule has 0 aliphatic rings. The van der Waals surface area contributed by atoms with Crippen molar-refractivity contribution in [3.8, 4) is 11.5 Å². The van der Waals surface area contributed by atoms with Crippen molar-refractivity contribution in [1.29, 1.82) is 0 Å². The second-order valence-electron chi connectivity index (χ2n) is 2.13. The van der Waals surface area contributed by atoms with Crippen LogP contribution in [0.2, 0.25) is 0 Å². The minimum atomic E-state index is -1.32. The van der Waals surface area contributed by atoms with E-state index in [1.54, 1.807) is 12.1 Å². The number of carboxylic acids is 1. The van der Waals surface area contributed by atoms with Crippen molar-refractivity contribution < 1.29 is 19.7 Å².